The zero-order valence-electron chi connectivity index (χ0n) is 54.5. The molecule has 35 heteroatoms. The highest BCUT2D eigenvalue weighted by Gasteiger charge is 2.32. The van der Waals surface area contributed by atoms with Gasteiger partial charge in [0, 0.05) is 168 Å². The summed E-state index contributed by atoms with van der Waals surface area (Å²) >= 11 is 0. The molecule has 3 heterocycles. The molecule has 534 valence electrons. The number of benzene rings is 2. The molecule has 5 rings (SSSR count). The van der Waals surface area contributed by atoms with E-state index in [-0.39, 0.29) is 86.1 Å². The molecule has 35 nitrogen and oxygen atoms in total. The van der Waals surface area contributed by atoms with Crippen molar-refractivity contribution in [2.75, 3.05) is 170 Å². The summed E-state index contributed by atoms with van der Waals surface area (Å²) in [4.78, 5) is 138. The van der Waals surface area contributed by atoms with E-state index in [0.29, 0.717) is 26.2 Å². The number of nitrogens with one attached hydrogen (secondary N) is 11. The van der Waals surface area contributed by atoms with Crippen molar-refractivity contribution in [3.63, 3.8) is 0 Å². The molecule has 13 N–H and O–H groups in total. The predicted molar refractivity (Wildman–Crippen MR) is 355 cm³/mol. The second-order valence-corrected chi connectivity index (χ2v) is 21.7. The van der Waals surface area contributed by atoms with Gasteiger partial charge in [0.25, 0.3) is 0 Å². The monoisotopic (exact) mass is 1350 g/mol. The molecule has 0 radical (unpaired) electrons. The Morgan fingerprint density at radius 3 is 1.18 bits per heavy atom. The molecule has 2 aromatic carbocycles. The van der Waals surface area contributed by atoms with Crippen molar-refractivity contribution in [2.45, 2.75) is 84.3 Å². The van der Waals surface area contributed by atoms with Crippen LogP contribution in [-0.4, -0.2) is 268 Å². The molecule has 3 saturated heterocycles. The summed E-state index contributed by atoms with van der Waals surface area (Å²) in [5.74, 6) is -6.48. The quantitative estimate of drug-likeness (QED) is 0.0107. The van der Waals surface area contributed by atoms with E-state index < -0.39 is 96.2 Å². The van der Waals surface area contributed by atoms with Crippen LogP contribution < -0.4 is 64.2 Å². The fourth-order valence-electron chi connectivity index (χ4n) is 9.25. The largest absolute Gasteiger partial charge is 0.461 e. The van der Waals surface area contributed by atoms with Gasteiger partial charge in [-0.25, -0.2) is 0 Å². The molecule has 2 aromatic rings. The maximum absolute atomic E-state index is 13.2. The van der Waals surface area contributed by atoms with Crippen LogP contribution in [0.5, 0.6) is 0 Å². The van der Waals surface area contributed by atoms with E-state index in [1.54, 1.807) is 48.5 Å². The average Bonchev–Trinajstić information content (AvgIpc) is 2.15. The van der Waals surface area contributed by atoms with Gasteiger partial charge in [-0.15, -0.1) is 0 Å². The van der Waals surface area contributed by atoms with Crippen molar-refractivity contribution in [2.24, 2.45) is 16.0 Å². The molecule has 8 amide bonds. The van der Waals surface area contributed by atoms with Crippen molar-refractivity contribution in [1.82, 2.24) is 73.2 Å². The Kier molecular flexibility index (Phi) is 45.8. The molecule has 3 aliphatic heterocycles. The Morgan fingerprint density at radius 2 is 0.823 bits per heavy atom. The summed E-state index contributed by atoms with van der Waals surface area (Å²) in [7, 11) is 0. The third-order valence-electron chi connectivity index (χ3n) is 14.1. The third kappa shape index (κ3) is 40.6. The Balaban J connectivity index is 0.000000571. The number of nitrogens with two attached hydrogens (primary N) is 1. The van der Waals surface area contributed by atoms with Gasteiger partial charge in [-0.2, -0.15) is 0 Å². The van der Waals surface area contributed by atoms with Gasteiger partial charge in [-0.1, -0.05) is 78.3 Å². The number of azide groups is 2. The Hall–Kier alpha value is -8.60. The normalized spacial score (nSPS) is 14.9. The van der Waals surface area contributed by atoms with Gasteiger partial charge in [0.05, 0.1) is 52.1 Å². The first-order chi connectivity index (χ1) is 46.0. The number of esters is 2. The van der Waals surface area contributed by atoms with E-state index in [1.807, 2.05) is 12.1 Å². The number of nitrogens with zero attached hydrogens (tertiary/aromatic N) is 9. The first-order valence-corrected chi connectivity index (χ1v) is 31.8. The molecule has 0 aromatic heterocycles. The second kappa shape index (κ2) is 52.6. The number of rotatable bonds is 40. The van der Waals surface area contributed by atoms with Gasteiger partial charge in [0.15, 0.2) is 0 Å². The van der Waals surface area contributed by atoms with Crippen LogP contribution in [0.3, 0.4) is 0 Å². The fourth-order valence-corrected chi connectivity index (χ4v) is 9.25. The number of piperazine rings is 3. The van der Waals surface area contributed by atoms with Crippen molar-refractivity contribution in [3.05, 3.63) is 92.7 Å². The van der Waals surface area contributed by atoms with E-state index in [9.17, 15) is 47.9 Å². The van der Waals surface area contributed by atoms with Crippen LogP contribution in [-0.2, 0) is 80.1 Å². The van der Waals surface area contributed by atoms with Crippen molar-refractivity contribution in [3.8, 4) is 0 Å². The van der Waals surface area contributed by atoms with Gasteiger partial charge in [0.1, 0.15) is 37.4 Å². The molecule has 3 aliphatic rings. The molecular weight excluding hydrogens is 1250 g/mol. The first kappa shape index (κ1) is 83.5. The van der Waals surface area contributed by atoms with Crippen molar-refractivity contribution in [1.29, 1.82) is 0 Å². The molecule has 0 spiro atoms. The summed E-state index contributed by atoms with van der Waals surface area (Å²) < 4.78 is 21.0. The minimum Gasteiger partial charge on any atom is -0.461 e. The maximum Gasteiger partial charge on any atom is 0.308 e. The van der Waals surface area contributed by atoms with Gasteiger partial charge < -0.3 is 83.2 Å². The lowest BCUT2D eigenvalue weighted by atomic mass is 10.1. The van der Waals surface area contributed by atoms with Crippen molar-refractivity contribution < 1.29 is 66.9 Å². The maximum atomic E-state index is 13.2. The van der Waals surface area contributed by atoms with Gasteiger partial charge >= 0.3 is 11.9 Å². The average molecular weight is 1350 g/mol. The number of ether oxygens (including phenoxy) is 4. The van der Waals surface area contributed by atoms with E-state index in [2.05, 4.69) is 93.2 Å². The van der Waals surface area contributed by atoms with Gasteiger partial charge in [-0.3, -0.25) is 62.6 Å². The smallest absolute Gasteiger partial charge is 0.308 e. The molecule has 3 fully saturated rings. The van der Waals surface area contributed by atoms with Crippen LogP contribution in [0.2, 0.25) is 0 Å². The number of amides is 8. The third-order valence-corrected chi connectivity index (χ3v) is 14.1. The first-order valence-electron chi connectivity index (χ1n) is 31.8. The van der Waals surface area contributed by atoms with E-state index in [4.69, 9.17) is 35.7 Å². The van der Waals surface area contributed by atoms with Crippen LogP contribution >= 0.6 is 0 Å². The van der Waals surface area contributed by atoms with Crippen molar-refractivity contribution >= 4 is 59.2 Å². The summed E-state index contributed by atoms with van der Waals surface area (Å²) in [6.07, 6.45) is -1.71. The fraction of sp³-hybridized carbons (Fsp3) is 0.639. The van der Waals surface area contributed by atoms with Crippen LogP contribution in [0.15, 0.2) is 70.9 Å². The second-order valence-electron chi connectivity index (χ2n) is 21.7. The molecule has 4 atom stereocenters. The van der Waals surface area contributed by atoms with Crippen LogP contribution in [0.4, 0.5) is 0 Å². The topological polar surface area (TPSA) is 473 Å². The SMILES string of the molecule is C.CC(=O)N[C@H](CC(=O)NCCN1CCNCC1)C(=O)N[C@@H](CC(=O)NCCN1CCNCC1)C(=O)NCCOCCN=[N+]=[N-].CC(=O)N[C@H](CC(=O)OCc1ccccc1)C(=O)N[C@@H](CC(=O)OCc1ccccc1)C(=O)NCCOCCN=[N+]=[N-].NCCN1CCNCC1. The highest BCUT2D eigenvalue weighted by Crippen LogP contribution is 2.08. The minimum atomic E-state index is -1.39. The highest BCUT2D eigenvalue weighted by molar-refractivity contribution is 5.97. The van der Waals surface area contributed by atoms with E-state index in [1.165, 1.54) is 13.8 Å². The van der Waals surface area contributed by atoms with Gasteiger partial charge in [0.2, 0.25) is 47.3 Å². The molecule has 96 heavy (non-hydrogen) atoms. The molecule has 0 bridgehead atoms. The standard InChI is InChI=1S/C28H34N6O8.C26H48N12O6.C6H15N3.CH4/c1-20(35)32-24(17-26(37)42-19-22-10-6-3-7-11-22)28(39)33-23(27(38)30-12-14-40-15-13-31-34-29)16-25(36)41-18-21-8-4-2-5-9-21;1-20(39)34-22(19-24(41)31-7-15-38-12-4-29-5-13-38)26(43)35-21(25(42)32-8-16-44-17-9-33-36-27)18-23(40)30-6-14-37-10-2-28-3-11-37;7-1-4-9-5-2-8-3-6-9;/h2-11,23-24H,12-19H2,1H3,(H,30,38)(H,32,35)(H,33,39);21-22,28-29H,2-19H2,1H3,(H,30,40)(H,31,41)(H,32,42)(H,34,39)(H,35,43);8H,1-7H2;1H4/t23-,24+;21-,22+;;/m00../s1. The summed E-state index contributed by atoms with van der Waals surface area (Å²) in [6.45, 7) is 18.7. The number of hydrogen-bond acceptors (Lipinski definition) is 23. The lowest BCUT2D eigenvalue weighted by molar-refractivity contribution is -0.149. The zero-order valence-corrected chi connectivity index (χ0v) is 54.5. The molecule has 0 aliphatic carbocycles. The van der Waals surface area contributed by atoms with E-state index in [0.717, 1.165) is 103 Å². The molecule has 0 saturated carbocycles. The lowest BCUT2D eigenvalue weighted by Gasteiger charge is -2.27. The van der Waals surface area contributed by atoms with Crippen LogP contribution in [0.1, 0.15) is 58.1 Å². The lowest BCUT2D eigenvalue weighted by Crippen LogP contribution is -2.56. The Bertz CT molecular complexity index is 2710. The minimum absolute atomic E-state index is 0. The van der Waals surface area contributed by atoms with Crippen LogP contribution in [0, 0.1) is 0 Å². The summed E-state index contributed by atoms with van der Waals surface area (Å²) in [6, 6.07) is 12.5. The summed E-state index contributed by atoms with van der Waals surface area (Å²) in [5.41, 5.74) is 23.5. The number of carbonyl (C=O) groups excluding carboxylic acids is 10. The predicted octanol–water partition coefficient (Wildman–Crippen LogP) is -2.59. The Morgan fingerprint density at radius 1 is 0.479 bits per heavy atom. The number of carbonyl (C=O) groups is 10. The number of hydrogen-bond donors (Lipinski definition) is 12. The molecule has 0 unspecified atom stereocenters. The zero-order chi connectivity index (χ0) is 69.1. The van der Waals surface area contributed by atoms with Crippen LogP contribution in [0.25, 0.3) is 20.9 Å². The van der Waals surface area contributed by atoms with E-state index >= 15 is 0 Å². The summed E-state index contributed by atoms with van der Waals surface area (Å²) in [5, 5.41) is 37.0. The molecular formula is C61H101N21O14. The highest BCUT2D eigenvalue weighted by atomic mass is 16.5. The Labute approximate surface area is 560 Å². The van der Waals surface area contributed by atoms with Gasteiger partial charge in [-0.05, 0) is 22.2 Å².